The molecule has 0 amide bonds. The highest BCUT2D eigenvalue weighted by Crippen LogP contribution is 2.40. The third-order valence-electron chi connectivity index (χ3n) is 3.79. The van der Waals surface area contributed by atoms with Gasteiger partial charge in [-0.3, -0.25) is 0 Å². The summed E-state index contributed by atoms with van der Waals surface area (Å²) in [5, 5.41) is 3.52. The standard InChI is InChI=1S/C17H23N3S/c1-17(2,3)19-10-16-18-8-9-20(16)11-13-12-21-15-7-5-4-6-14(13)15/h4-9,13,19H,10-12H2,1-3H3. The van der Waals surface area contributed by atoms with E-state index >= 15 is 0 Å². The molecule has 1 aliphatic rings. The molecule has 1 aromatic heterocycles. The summed E-state index contributed by atoms with van der Waals surface area (Å²) >= 11 is 1.97. The lowest BCUT2D eigenvalue weighted by atomic mass is 10.0. The second-order valence-corrected chi connectivity index (χ2v) is 7.71. The van der Waals surface area contributed by atoms with Gasteiger partial charge in [-0.05, 0) is 32.4 Å². The van der Waals surface area contributed by atoms with E-state index in [0.29, 0.717) is 5.92 Å². The fraction of sp³-hybridized carbons (Fsp3) is 0.471. The van der Waals surface area contributed by atoms with Crippen LogP contribution in [0, 0.1) is 0 Å². The van der Waals surface area contributed by atoms with Crippen molar-refractivity contribution in [1.29, 1.82) is 0 Å². The van der Waals surface area contributed by atoms with E-state index in [4.69, 9.17) is 0 Å². The molecule has 1 atom stereocenters. The third kappa shape index (κ3) is 3.50. The van der Waals surface area contributed by atoms with Gasteiger partial charge in [0.2, 0.25) is 0 Å². The fourth-order valence-corrected chi connectivity index (χ4v) is 3.88. The van der Waals surface area contributed by atoms with Crippen molar-refractivity contribution in [3.05, 3.63) is 48.0 Å². The zero-order valence-corrected chi connectivity index (χ0v) is 13.8. The normalized spacial score (nSPS) is 18.0. The Kier molecular flexibility index (Phi) is 4.09. The molecule has 112 valence electrons. The predicted octanol–water partition coefficient (Wildman–Crippen LogP) is 3.66. The number of fused-ring (bicyclic) bond motifs is 1. The molecule has 0 aliphatic carbocycles. The van der Waals surface area contributed by atoms with Gasteiger partial charge in [-0.1, -0.05) is 18.2 Å². The van der Waals surface area contributed by atoms with E-state index in [9.17, 15) is 0 Å². The van der Waals surface area contributed by atoms with Crippen LogP contribution in [-0.2, 0) is 13.1 Å². The molecule has 0 saturated carbocycles. The van der Waals surface area contributed by atoms with E-state index in [1.54, 1.807) is 0 Å². The van der Waals surface area contributed by atoms with Crippen LogP contribution in [0.15, 0.2) is 41.6 Å². The number of thioether (sulfide) groups is 1. The molecule has 1 aliphatic heterocycles. The van der Waals surface area contributed by atoms with Gasteiger partial charge in [-0.2, -0.15) is 0 Å². The minimum atomic E-state index is 0.118. The van der Waals surface area contributed by atoms with E-state index in [-0.39, 0.29) is 5.54 Å². The van der Waals surface area contributed by atoms with Gasteiger partial charge < -0.3 is 9.88 Å². The highest BCUT2D eigenvalue weighted by Gasteiger charge is 2.23. The number of hydrogen-bond donors (Lipinski definition) is 1. The monoisotopic (exact) mass is 301 g/mol. The van der Waals surface area contributed by atoms with Crippen LogP contribution in [0.25, 0.3) is 0 Å². The molecule has 3 nitrogen and oxygen atoms in total. The zero-order valence-electron chi connectivity index (χ0n) is 13.0. The summed E-state index contributed by atoms with van der Waals surface area (Å²) in [5.41, 5.74) is 1.61. The Hall–Kier alpha value is -1.26. The molecule has 0 radical (unpaired) electrons. The molecule has 0 spiro atoms. The van der Waals surface area contributed by atoms with Gasteiger partial charge in [0.05, 0.1) is 6.54 Å². The van der Waals surface area contributed by atoms with Gasteiger partial charge in [-0.25, -0.2) is 4.98 Å². The number of benzene rings is 1. The number of nitrogens with one attached hydrogen (secondary N) is 1. The minimum Gasteiger partial charge on any atom is -0.333 e. The summed E-state index contributed by atoms with van der Waals surface area (Å²) < 4.78 is 2.30. The largest absolute Gasteiger partial charge is 0.333 e. The zero-order chi connectivity index (χ0) is 14.9. The van der Waals surface area contributed by atoms with Crippen LogP contribution in [0.3, 0.4) is 0 Å². The molecule has 1 N–H and O–H groups in total. The smallest absolute Gasteiger partial charge is 0.122 e. The summed E-state index contributed by atoms with van der Waals surface area (Å²) in [7, 11) is 0. The molecule has 4 heteroatoms. The van der Waals surface area contributed by atoms with E-state index in [2.05, 4.69) is 66.1 Å². The molecule has 3 rings (SSSR count). The first-order valence-corrected chi connectivity index (χ1v) is 8.48. The van der Waals surface area contributed by atoms with Crippen LogP contribution in [0.1, 0.15) is 38.1 Å². The van der Waals surface area contributed by atoms with E-state index in [0.717, 1.165) is 18.9 Å². The molecule has 0 bridgehead atoms. The molecule has 21 heavy (non-hydrogen) atoms. The maximum Gasteiger partial charge on any atom is 0.122 e. The second kappa shape index (κ2) is 5.85. The Labute approximate surface area is 131 Å². The highest BCUT2D eigenvalue weighted by molar-refractivity contribution is 7.99. The molecule has 1 aromatic carbocycles. The highest BCUT2D eigenvalue weighted by atomic mass is 32.2. The average Bonchev–Trinajstić information content (AvgIpc) is 3.04. The lowest BCUT2D eigenvalue weighted by Gasteiger charge is -2.21. The third-order valence-corrected chi connectivity index (χ3v) is 5.05. The molecular formula is C17H23N3S. The average molecular weight is 301 g/mol. The Morgan fingerprint density at radius 3 is 2.95 bits per heavy atom. The Balaban J connectivity index is 1.71. The Morgan fingerprint density at radius 1 is 1.33 bits per heavy atom. The van der Waals surface area contributed by atoms with Crippen molar-refractivity contribution in [3.63, 3.8) is 0 Å². The number of rotatable bonds is 4. The summed E-state index contributed by atoms with van der Waals surface area (Å²) in [6.45, 7) is 8.39. The number of imidazole rings is 1. The van der Waals surface area contributed by atoms with Gasteiger partial charge in [0.25, 0.3) is 0 Å². The van der Waals surface area contributed by atoms with Gasteiger partial charge in [0.1, 0.15) is 5.82 Å². The van der Waals surface area contributed by atoms with Crippen LogP contribution < -0.4 is 5.32 Å². The first-order valence-electron chi connectivity index (χ1n) is 7.50. The SMILES string of the molecule is CC(C)(C)NCc1nccn1CC1CSc2ccccc21. The van der Waals surface area contributed by atoms with Crippen molar-refractivity contribution in [2.75, 3.05) is 5.75 Å². The molecule has 0 saturated heterocycles. The summed E-state index contributed by atoms with van der Waals surface area (Å²) in [5.74, 6) is 2.89. The van der Waals surface area contributed by atoms with Crippen molar-refractivity contribution in [3.8, 4) is 0 Å². The van der Waals surface area contributed by atoms with Gasteiger partial charge in [-0.15, -0.1) is 11.8 Å². The van der Waals surface area contributed by atoms with E-state index in [1.165, 1.54) is 16.2 Å². The second-order valence-electron chi connectivity index (χ2n) is 6.65. The summed E-state index contributed by atoms with van der Waals surface area (Å²) in [4.78, 5) is 5.95. The molecule has 0 fully saturated rings. The van der Waals surface area contributed by atoms with Crippen molar-refractivity contribution in [2.24, 2.45) is 0 Å². The first kappa shape index (κ1) is 14.7. The minimum absolute atomic E-state index is 0.118. The topological polar surface area (TPSA) is 29.9 Å². The van der Waals surface area contributed by atoms with Gasteiger partial charge >= 0.3 is 0 Å². The van der Waals surface area contributed by atoms with Crippen molar-refractivity contribution >= 4 is 11.8 Å². The maximum atomic E-state index is 4.51. The summed E-state index contributed by atoms with van der Waals surface area (Å²) in [6.07, 6.45) is 4.01. The molecule has 1 unspecified atom stereocenters. The Morgan fingerprint density at radius 2 is 2.14 bits per heavy atom. The number of nitrogens with zero attached hydrogens (tertiary/aromatic N) is 2. The van der Waals surface area contributed by atoms with Crippen LogP contribution in [0.2, 0.25) is 0 Å². The Bertz CT molecular complexity index is 612. The number of hydrogen-bond acceptors (Lipinski definition) is 3. The van der Waals surface area contributed by atoms with E-state index < -0.39 is 0 Å². The van der Waals surface area contributed by atoms with Gasteiger partial charge in [0.15, 0.2) is 0 Å². The van der Waals surface area contributed by atoms with Crippen molar-refractivity contribution in [2.45, 2.75) is 50.2 Å². The molecule has 2 heterocycles. The summed E-state index contributed by atoms with van der Waals surface area (Å²) in [6, 6.07) is 8.78. The predicted molar refractivity (Wildman–Crippen MR) is 88.7 cm³/mol. The first-order chi connectivity index (χ1) is 10.0. The van der Waals surface area contributed by atoms with Crippen LogP contribution >= 0.6 is 11.8 Å². The quantitative estimate of drug-likeness (QED) is 0.934. The van der Waals surface area contributed by atoms with Crippen molar-refractivity contribution < 1.29 is 0 Å². The fourth-order valence-electron chi connectivity index (χ4n) is 2.64. The van der Waals surface area contributed by atoms with Crippen LogP contribution in [-0.4, -0.2) is 20.8 Å². The van der Waals surface area contributed by atoms with Crippen LogP contribution in [0.4, 0.5) is 0 Å². The number of aromatic nitrogens is 2. The lowest BCUT2D eigenvalue weighted by molar-refractivity contribution is 0.409. The molecular weight excluding hydrogens is 278 g/mol. The van der Waals surface area contributed by atoms with Crippen LogP contribution in [0.5, 0.6) is 0 Å². The lowest BCUT2D eigenvalue weighted by Crippen LogP contribution is -2.36. The maximum absolute atomic E-state index is 4.51. The van der Waals surface area contributed by atoms with Gasteiger partial charge in [0, 0.05) is 41.0 Å². The van der Waals surface area contributed by atoms with E-state index in [1.807, 2.05) is 18.0 Å². The molecule has 2 aromatic rings. The van der Waals surface area contributed by atoms with Crippen molar-refractivity contribution in [1.82, 2.24) is 14.9 Å².